The second-order valence-electron chi connectivity index (χ2n) is 4.87. The molecule has 1 saturated heterocycles. The maximum atomic E-state index is 11.9. The highest BCUT2D eigenvalue weighted by Gasteiger charge is 2.32. The number of nitrogens with two attached hydrogens (primary N) is 1. The van der Waals surface area contributed by atoms with Crippen molar-refractivity contribution in [2.24, 2.45) is 11.1 Å². The van der Waals surface area contributed by atoms with Crippen LogP contribution in [0, 0.1) is 12.8 Å². The number of anilines is 1. The van der Waals surface area contributed by atoms with Crippen LogP contribution in [0.5, 0.6) is 5.75 Å². The molecule has 0 spiro atoms. The number of benzene rings is 1. The van der Waals surface area contributed by atoms with Crippen LogP contribution in [0.3, 0.4) is 0 Å². The van der Waals surface area contributed by atoms with Crippen LogP contribution < -0.4 is 10.0 Å². The first-order valence-corrected chi connectivity index (χ1v) is 7.58. The number of phenols is 1. The molecule has 104 valence electrons. The number of carbonyl (C=O) groups excluding carboxylic acids is 1. The molecule has 1 aliphatic heterocycles. The van der Waals surface area contributed by atoms with Gasteiger partial charge in [0.05, 0.1) is 5.75 Å². The molecule has 0 aliphatic carbocycles. The molecule has 1 atom stereocenters. The van der Waals surface area contributed by atoms with Gasteiger partial charge in [-0.05, 0) is 30.7 Å². The van der Waals surface area contributed by atoms with Crippen LogP contribution >= 0.6 is 0 Å². The number of aromatic hydroxyl groups is 1. The number of hydrogen-bond acceptors (Lipinski definition) is 4. The van der Waals surface area contributed by atoms with E-state index in [0.29, 0.717) is 17.8 Å². The predicted molar refractivity (Wildman–Crippen MR) is 71.3 cm³/mol. The number of rotatable bonds is 3. The van der Waals surface area contributed by atoms with E-state index in [2.05, 4.69) is 0 Å². The van der Waals surface area contributed by atoms with Gasteiger partial charge in [0, 0.05) is 24.6 Å². The van der Waals surface area contributed by atoms with Crippen molar-refractivity contribution in [1.29, 1.82) is 0 Å². The molecular weight excluding hydrogens is 268 g/mol. The average molecular weight is 284 g/mol. The van der Waals surface area contributed by atoms with E-state index in [4.69, 9.17) is 5.14 Å². The third-order valence-corrected chi connectivity index (χ3v) is 4.10. The lowest BCUT2D eigenvalue weighted by molar-refractivity contribution is -0.117. The quantitative estimate of drug-likeness (QED) is 0.835. The third kappa shape index (κ3) is 3.24. The molecule has 1 aliphatic rings. The summed E-state index contributed by atoms with van der Waals surface area (Å²) >= 11 is 0. The van der Waals surface area contributed by atoms with Crippen molar-refractivity contribution >= 4 is 21.6 Å². The Kier molecular flexibility index (Phi) is 3.51. The molecule has 0 aromatic heterocycles. The lowest BCUT2D eigenvalue weighted by Gasteiger charge is -2.17. The van der Waals surface area contributed by atoms with E-state index >= 15 is 0 Å². The van der Waals surface area contributed by atoms with Gasteiger partial charge in [-0.3, -0.25) is 4.79 Å². The number of phenolic OH excluding ortho intramolecular Hbond substituents is 1. The van der Waals surface area contributed by atoms with Gasteiger partial charge in [0.2, 0.25) is 15.9 Å². The Balaban J connectivity index is 2.18. The van der Waals surface area contributed by atoms with E-state index < -0.39 is 10.0 Å². The number of carbonyl (C=O) groups is 1. The van der Waals surface area contributed by atoms with Gasteiger partial charge in [-0.25, -0.2) is 13.6 Å². The van der Waals surface area contributed by atoms with E-state index in [9.17, 15) is 18.3 Å². The first-order chi connectivity index (χ1) is 8.76. The van der Waals surface area contributed by atoms with Crippen molar-refractivity contribution in [2.75, 3.05) is 17.2 Å². The fraction of sp³-hybridized carbons (Fsp3) is 0.417. The molecule has 0 bridgehead atoms. The number of hydrogen-bond donors (Lipinski definition) is 2. The Hall–Kier alpha value is -1.60. The first kappa shape index (κ1) is 13.8. The van der Waals surface area contributed by atoms with Gasteiger partial charge in [-0.15, -0.1) is 0 Å². The van der Waals surface area contributed by atoms with E-state index in [0.717, 1.165) is 0 Å². The fourth-order valence-electron chi connectivity index (χ4n) is 2.28. The van der Waals surface area contributed by atoms with Crippen LogP contribution in [0.15, 0.2) is 18.2 Å². The molecule has 3 N–H and O–H groups in total. The smallest absolute Gasteiger partial charge is 0.227 e. The van der Waals surface area contributed by atoms with Gasteiger partial charge >= 0.3 is 0 Å². The highest BCUT2D eigenvalue weighted by molar-refractivity contribution is 7.89. The highest BCUT2D eigenvalue weighted by Crippen LogP contribution is 2.29. The Bertz CT molecular complexity index is 612. The maximum Gasteiger partial charge on any atom is 0.227 e. The normalized spacial score (nSPS) is 20.0. The van der Waals surface area contributed by atoms with Crippen LogP contribution in [0.1, 0.15) is 12.0 Å². The minimum atomic E-state index is -3.57. The first-order valence-electron chi connectivity index (χ1n) is 5.87. The Morgan fingerprint density at radius 3 is 2.74 bits per heavy atom. The molecular formula is C12H16N2O4S. The molecule has 0 saturated carbocycles. The number of sulfonamides is 1. The summed E-state index contributed by atoms with van der Waals surface area (Å²) in [6.45, 7) is 2.07. The maximum absolute atomic E-state index is 11.9. The summed E-state index contributed by atoms with van der Waals surface area (Å²) in [5.74, 6) is -0.432. The summed E-state index contributed by atoms with van der Waals surface area (Å²) in [6, 6.07) is 4.86. The largest absolute Gasteiger partial charge is 0.508 e. The van der Waals surface area contributed by atoms with Crippen molar-refractivity contribution in [3.05, 3.63) is 23.8 Å². The number of amides is 1. The van der Waals surface area contributed by atoms with E-state index in [1.54, 1.807) is 19.1 Å². The van der Waals surface area contributed by atoms with Crippen LogP contribution in [0.25, 0.3) is 0 Å². The standard InChI is InChI=1S/C12H16N2O4S/c1-8-4-10(2-3-11(8)15)14-6-9(5-12(14)16)7-19(13,17)18/h2-4,9,15H,5-7H2,1H3,(H2,13,17,18). The minimum Gasteiger partial charge on any atom is -0.508 e. The molecule has 1 aromatic carbocycles. The van der Waals surface area contributed by atoms with Gasteiger partial charge in [0.25, 0.3) is 0 Å². The molecule has 0 radical (unpaired) electrons. The van der Waals surface area contributed by atoms with E-state index in [-0.39, 0.29) is 29.7 Å². The number of primary sulfonamides is 1. The van der Waals surface area contributed by atoms with Crippen molar-refractivity contribution in [3.63, 3.8) is 0 Å². The summed E-state index contributed by atoms with van der Waals surface area (Å²) in [7, 11) is -3.57. The van der Waals surface area contributed by atoms with Gasteiger partial charge in [0.1, 0.15) is 5.75 Å². The SMILES string of the molecule is Cc1cc(N2CC(CS(N)(=O)=O)CC2=O)ccc1O. The van der Waals surface area contributed by atoms with Gasteiger partial charge < -0.3 is 10.0 Å². The van der Waals surface area contributed by atoms with Crippen molar-refractivity contribution in [2.45, 2.75) is 13.3 Å². The second kappa shape index (κ2) is 4.82. The van der Waals surface area contributed by atoms with Gasteiger partial charge in [0.15, 0.2) is 0 Å². The van der Waals surface area contributed by atoms with E-state index in [1.807, 2.05) is 0 Å². The molecule has 7 heteroatoms. The fourth-order valence-corrected chi connectivity index (χ4v) is 3.16. The van der Waals surface area contributed by atoms with Crippen molar-refractivity contribution in [3.8, 4) is 5.75 Å². The lowest BCUT2D eigenvalue weighted by Crippen LogP contribution is -2.27. The summed E-state index contributed by atoms with van der Waals surface area (Å²) in [6.07, 6.45) is 0.177. The van der Waals surface area contributed by atoms with Crippen LogP contribution in [0.4, 0.5) is 5.69 Å². The Morgan fingerprint density at radius 1 is 1.47 bits per heavy atom. The second-order valence-corrected chi connectivity index (χ2v) is 6.53. The van der Waals surface area contributed by atoms with Crippen LogP contribution in [-0.4, -0.2) is 31.7 Å². The molecule has 1 fully saturated rings. The Labute approximate surface area is 111 Å². The highest BCUT2D eigenvalue weighted by atomic mass is 32.2. The minimum absolute atomic E-state index is 0.126. The molecule has 1 aromatic rings. The Morgan fingerprint density at radius 2 is 2.16 bits per heavy atom. The van der Waals surface area contributed by atoms with Crippen molar-refractivity contribution < 1.29 is 18.3 Å². The predicted octanol–water partition coefficient (Wildman–Crippen LogP) is 0.342. The summed E-state index contributed by atoms with van der Waals surface area (Å²) in [5.41, 5.74) is 1.33. The average Bonchev–Trinajstić information content (AvgIpc) is 2.61. The zero-order chi connectivity index (χ0) is 14.2. The van der Waals surface area contributed by atoms with Crippen LogP contribution in [-0.2, 0) is 14.8 Å². The zero-order valence-corrected chi connectivity index (χ0v) is 11.4. The molecule has 1 heterocycles. The zero-order valence-electron chi connectivity index (χ0n) is 10.5. The molecule has 1 amide bonds. The van der Waals surface area contributed by atoms with Crippen LogP contribution in [0.2, 0.25) is 0 Å². The summed E-state index contributed by atoms with van der Waals surface area (Å²) in [4.78, 5) is 13.4. The number of aryl methyl sites for hydroxylation is 1. The summed E-state index contributed by atoms with van der Waals surface area (Å²) < 4.78 is 22.1. The topological polar surface area (TPSA) is 101 Å². The third-order valence-electron chi connectivity index (χ3n) is 3.17. The molecule has 19 heavy (non-hydrogen) atoms. The lowest BCUT2D eigenvalue weighted by atomic mass is 10.1. The van der Waals surface area contributed by atoms with Gasteiger partial charge in [-0.2, -0.15) is 0 Å². The van der Waals surface area contributed by atoms with E-state index in [1.165, 1.54) is 11.0 Å². The van der Waals surface area contributed by atoms with Gasteiger partial charge in [-0.1, -0.05) is 0 Å². The monoisotopic (exact) mass is 284 g/mol. The molecule has 6 nitrogen and oxygen atoms in total. The number of nitrogens with zero attached hydrogens (tertiary/aromatic N) is 1. The molecule has 1 unspecified atom stereocenters. The molecule has 2 rings (SSSR count). The van der Waals surface area contributed by atoms with Crippen molar-refractivity contribution in [1.82, 2.24) is 0 Å². The summed E-state index contributed by atoms with van der Waals surface area (Å²) in [5, 5.41) is 14.5.